The molecule has 0 spiro atoms. The Labute approximate surface area is 128 Å². The van der Waals surface area contributed by atoms with E-state index in [4.69, 9.17) is 15.6 Å². The van der Waals surface area contributed by atoms with E-state index in [0.717, 1.165) is 12.8 Å². The number of hydroxylamine groups is 3. The van der Waals surface area contributed by atoms with Crippen LogP contribution in [0, 0.1) is 0 Å². The summed E-state index contributed by atoms with van der Waals surface area (Å²) in [6.45, 7) is 2.22. The highest BCUT2D eigenvalue weighted by Gasteiger charge is 2.31. The van der Waals surface area contributed by atoms with E-state index in [1.165, 1.54) is 51.4 Å². The van der Waals surface area contributed by atoms with Gasteiger partial charge in [0.05, 0.1) is 6.42 Å². The quantitative estimate of drug-likeness (QED) is 0.219. The van der Waals surface area contributed by atoms with Crippen LogP contribution in [0.2, 0.25) is 0 Å². The van der Waals surface area contributed by atoms with Gasteiger partial charge in [-0.25, -0.2) is 4.79 Å². The van der Waals surface area contributed by atoms with E-state index in [2.05, 4.69) is 6.92 Å². The van der Waals surface area contributed by atoms with Crippen LogP contribution in [0.4, 0.5) is 0 Å². The topological polar surface area (TPSA) is 77.8 Å². The molecule has 0 fully saturated rings. The van der Waals surface area contributed by atoms with Gasteiger partial charge in [0.1, 0.15) is 0 Å². The second-order valence-corrected chi connectivity index (χ2v) is 5.25. The predicted molar refractivity (Wildman–Crippen MR) is 71.7 cm³/mol. The Morgan fingerprint density at radius 2 is 1.10 bits per heavy atom. The third kappa shape index (κ3) is 14.2. The second kappa shape index (κ2) is 13.8. The Morgan fingerprint density at radius 3 is 1.45 bits per heavy atom. The van der Waals surface area contributed by atoms with Crippen LogP contribution in [-0.4, -0.2) is 26.5 Å². The van der Waals surface area contributed by atoms with Gasteiger partial charge in [-0.15, -0.1) is 15.6 Å². The molecule has 0 aliphatic heterocycles. The number of quaternary nitrogens is 1. The molecule has 0 saturated heterocycles. The maximum Gasteiger partial charge on any atom is 0.413 e. The molecule has 20 heavy (non-hydrogen) atoms. The van der Waals surface area contributed by atoms with E-state index >= 15 is 0 Å². The Morgan fingerprint density at radius 1 is 0.750 bits per heavy atom. The molecule has 6 heteroatoms. The lowest BCUT2D eigenvalue weighted by Crippen LogP contribution is -3.00. The third-order valence-corrected chi connectivity index (χ3v) is 3.33. The SMILES string of the molecule is CCCCCCCCCCCCCC(=O)[N+](O)(O)O.[Cl-]. The van der Waals surface area contributed by atoms with Gasteiger partial charge in [0.25, 0.3) is 0 Å². The molecule has 0 heterocycles. The lowest BCUT2D eigenvalue weighted by Gasteiger charge is -2.08. The average molecular weight is 312 g/mol. The lowest BCUT2D eigenvalue weighted by atomic mass is 10.1. The van der Waals surface area contributed by atoms with Crippen molar-refractivity contribution in [3.63, 3.8) is 0 Å². The summed E-state index contributed by atoms with van der Waals surface area (Å²) in [5.41, 5.74) is 0. The molecule has 0 saturated carbocycles. The van der Waals surface area contributed by atoms with Crippen molar-refractivity contribution in [1.82, 2.24) is 0 Å². The summed E-state index contributed by atoms with van der Waals surface area (Å²) < 4.78 is 0. The standard InChI is InChI=1S/C14H30NO4.ClH/c1-2-3-4-5-6-7-8-9-10-11-12-13-14(16)15(17,18)19;/h17-19H,2-13H2,1H3;1H/q+1;/p-1. The molecule has 1 amide bonds. The monoisotopic (exact) mass is 311 g/mol. The number of carbonyl (C=O) groups is 1. The average Bonchev–Trinajstić information content (AvgIpc) is 2.34. The van der Waals surface area contributed by atoms with Crippen molar-refractivity contribution in [2.45, 2.75) is 84.0 Å². The molecule has 0 aromatic carbocycles. The van der Waals surface area contributed by atoms with Crippen LogP contribution in [0.3, 0.4) is 0 Å². The molecule has 122 valence electrons. The van der Waals surface area contributed by atoms with Gasteiger partial charge >= 0.3 is 5.91 Å². The van der Waals surface area contributed by atoms with E-state index in [0.29, 0.717) is 6.42 Å². The fraction of sp³-hybridized carbons (Fsp3) is 0.929. The molecule has 0 aromatic heterocycles. The van der Waals surface area contributed by atoms with E-state index in [1.54, 1.807) is 0 Å². The molecule has 0 bridgehead atoms. The summed E-state index contributed by atoms with van der Waals surface area (Å²) in [7, 11) is 0. The minimum absolute atomic E-state index is 0. The number of hydrogen-bond donors (Lipinski definition) is 3. The fourth-order valence-corrected chi connectivity index (χ4v) is 2.09. The molecule has 0 atom stereocenters. The first-order valence-corrected chi connectivity index (χ1v) is 7.59. The first kappa shape index (κ1) is 22.1. The summed E-state index contributed by atoms with van der Waals surface area (Å²) in [5, 5.41) is 25.6. The van der Waals surface area contributed by atoms with Crippen LogP contribution in [0.1, 0.15) is 84.0 Å². The number of hydrogen-bond acceptors (Lipinski definition) is 4. The molecule has 0 aliphatic carbocycles. The van der Waals surface area contributed by atoms with Crippen molar-refractivity contribution >= 4 is 5.91 Å². The zero-order chi connectivity index (χ0) is 14.6. The molecule has 0 rings (SSSR count). The number of carbonyl (C=O) groups excluding carboxylic acids is 1. The van der Waals surface area contributed by atoms with Gasteiger partial charge in [0.2, 0.25) is 0 Å². The Hall–Kier alpha value is -0.200. The van der Waals surface area contributed by atoms with E-state index in [-0.39, 0.29) is 18.8 Å². The highest BCUT2D eigenvalue weighted by atomic mass is 35.5. The number of nitrogens with zero attached hydrogens (tertiary/aromatic N) is 1. The lowest BCUT2D eigenvalue weighted by molar-refractivity contribution is -1.32. The van der Waals surface area contributed by atoms with Crippen molar-refractivity contribution in [2.24, 2.45) is 0 Å². The van der Waals surface area contributed by atoms with Crippen LogP contribution < -0.4 is 12.4 Å². The molecular formula is C14H30ClNO4. The smallest absolute Gasteiger partial charge is 0.413 e. The van der Waals surface area contributed by atoms with Gasteiger partial charge in [-0.05, 0) is 6.42 Å². The number of rotatable bonds is 12. The van der Waals surface area contributed by atoms with Crippen molar-refractivity contribution in [1.29, 1.82) is 0 Å². The van der Waals surface area contributed by atoms with Crippen LogP contribution >= 0.6 is 0 Å². The van der Waals surface area contributed by atoms with Gasteiger partial charge in [0, 0.05) is 0 Å². The Kier molecular flexibility index (Phi) is 15.2. The van der Waals surface area contributed by atoms with Gasteiger partial charge in [-0.2, -0.15) is 0 Å². The fourth-order valence-electron chi connectivity index (χ4n) is 2.09. The van der Waals surface area contributed by atoms with Crippen LogP contribution in [0.5, 0.6) is 0 Å². The Balaban J connectivity index is 0. The van der Waals surface area contributed by atoms with Gasteiger partial charge in [-0.3, -0.25) is 0 Å². The van der Waals surface area contributed by atoms with Crippen LogP contribution in [-0.2, 0) is 4.79 Å². The zero-order valence-corrected chi connectivity index (χ0v) is 13.3. The number of halogens is 1. The first-order chi connectivity index (χ1) is 8.98. The molecule has 0 aliphatic rings. The molecule has 0 radical (unpaired) electrons. The maximum atomic E-state index is 10.9. The zero-order valence-electron chi connectivity index (χ0n) is 12.6. The van der Waals surface area contributed by atoms with E-state index < -0.39 is 10.9 Å². The van der Waals surface area contributed by atoms with Gasteiger partial charge < -0.3 is 12.4 Å². The molecule has 0 aromatic rings. The van der Waals surface area contributed by atoms with Crippen molar-refractivity contribution in [2.75, 3.05) is 0 Å². The molecule has 5 nitrogen and oxygen atoms in total. The first-order valence-electron chi connectivity index (χ1n) is 7.59. The number of amides is 1. The minimum atomic E-state index is -2.53. The largest absolute Gasteiger partial charge is 1.00 e. The predicted octanol–water partition coefficient (Wildman–Crippen LogP) is 1.20. The third-order valence-electron chi connectivity index (χ3n) is 3.33. The summed E-state index contributed by atoms with van der Waals surface area (Å²) in [5.74, 6) is -0.976. The summed E-state index contributed by atoms with van der Waals surface area (Å²) >= 11 is 0. The molecule has 0 unspecified atom stereocenters. The Bertz CT molecular complexity index is 232. The highest BCUT2D eigenvalue weighted by Crippen LogP contribution is 2.12. The van der Waals surface area contributed by atoms with Gasteiger partial charge in [-0.1, -0.05) is 71.1 Å². The minimum Gasteiger partial charge on any atom is -1.00 e. The van der Waals surface area contributed by atoms with Crippen molar-refractivity contribution in [3.8, 4) is 0 Å². The molecular weight excluding hydrogens is 282 g/mol. The van der Waals surface area contributed by atoms with Gasteiger partial charge in [0.15, 0.2) is 4.97 Å². The normalized spacial score (nSPS) is 11.2. The van der Waals surface area contributed by atoms with Crippen molar-refractivity contribution < 1.29 is 37.8 Å². The summed E-state index contributed by atoms with van der Waals surface area (Å²) in [4.78, 5) is 8.42. The van der Waals surface area contributed by atoms with Crippen LogP contribution in [0.15, 0.2) is 0 Å². The summed E-state index contributed by atoms with van der Waals surface area (Å²) in [6, 6.07) is 0. The van der Waals surface area contributed by atoms with Crippen LogP contribution in [0.25, 0.3) is 0 Å². The summed E-state index contributed by atoms with van der Waals surface area (Å²) in [6.07, 6.45) is 12.9. The number of unbranched alkanes of at least 4 members (excludes halogenated alkanes) is 10. The maximum absolute atomic E-state index is 10.9. The van der Waals surface area contributed by atoms with Crippen molar-refractivity contribution in [3.05, 3.63) is 0 Å². The highest BCUT2D eigenvalue weighted by molar-refractivity contribution is 5.66. The molecule has 3 N–H and O–H groups in total. The van der Waals surface area contributed by atoms with E-state index in [9.17, 15) is 4.79 Å². The second-order valence-electron chi connectivity index (χ2n) is 5.25. The van der Waals surface area contributed by atoms with E-state index in [1.807, 2.05) is 0 Å².